The largest absolute Gasteiger partial charge is 0.384 e. The van der Waals surface area contributed by atoms with Gasteiger partial charge in [-0.15, -0.1) is 0 Å². The van der Waals surface area contributed by atoms with Crippen molar-refractivity contribution in [1.29, 1.82) is 0 Å². The zero-order valence-corrected chi connectivity index (χ0v) is 9.83. The molecule has 2 rings (SSSR count). The molecule has 0 radical (unpaired) electrons. The number of ether oxygens (including phenoxy) is 1. The number of aromatic nitrogens is 3. The summed E-state index contributed by atoms with van der Waals surface area (Å²) >= 11 is 5.15. The molecule has 4 nitrogen and oxygen atoms in total. The Morgan fingerprint density at radius 3 is 2.94 bits per heavy atom. The van der Waals surface area contributed by atoms with Crippen molar-refractivity contribution in [2.75, 3.05) is 13.7 Å². The van der Waals surface area contributed by atoms with Crippen LogP contribution in [0.25, 0.3) is 5.69 Å². The molecule has 0 bridgehead atoms. The van der Waals surface area contributed by atoms with E-state index in [1.54, 1.807) is 13.4 Å². The normalized spacial score (nSPS) is 10.6. The van der Waals surface area contributed by atoms with Gasteiger partial charge in [0.2, 0.25) is 0 Å². The monoisotopic (exact) mass is 235 g/mol. The molecule has 2 aromatic rings. The molecule has 84 valence electrons. The first-order chi connectivity index (χ1) is 7.83. The average Bonchev–Trinajstić information content (AvgIpc) is 2.73. The highest BCUT2D eigenvalue weighted by Gasteiger charge is 2.04. The molecule has 0 saturated heterocycles. The van der Waals surface area contributed by atoms with E-state index in [-0.39, 0.29) is 0 Å². The van der Waals surface area contributed by atoms with E-state index >= 15 is 0 Å². The maximum absolute atomic E-state index is 5.15. The van der Waals surface area contributed by atoms with E-state index in [0.717, 1.165) is 12.1 Å². The highest BCUT2D eigenvalue weighted by atomic mass is 32.1. The standard InChI is InChI=1S/C11H13N3OS/c1-15-7-6-9-4-2-3-5-10(9)14-8-12-13-11(14)16/h2-5,8H,6-7H2,1H3,(H,13,16). The molecule has 0 aliphatic heterocycles. The molecule has 0 amide bonds. The van der Waals surface area contributed by atoms with Gasteiger partial charge in [-0.25, -0.2) is 0 Å². The molecular weight excluding hydrogens is 222 g/mol. The SMILES string of the molecule is COCCc1ccccc1-n1cn[nH]c1=S. The van der Waals surface area contributed by atoms with Gasteiger partial charge >= 0.3 is 0 Å². The number of methoxy groups -OCH3 is 1. The number of nitrogens with one attached hydrogen (secondary N) is 1. The van der Waals surface area contributed by atoms with Crippen LogP contribution in [0.3, 0.4) is 0 Å². The summed E-state index contributed by atoms with van der Waals surface area (Å²) in [6.07, 6.45) is 2.55. The molecule has 1 heterocycles. The van der Waals surface area contributed by atoms with Crippen LogP contribution in [-0.2, 0) is 11.2 Å². The summed E-state index contributed by atoms with van der Waals surface area (Å²) in [5, 5.41) is 6.67. The molecule has 1 aromatic heterocycles. The van der Waals surface area contributed by atoms with Crippen molar-refractivity contribution in [2.45, 2.75) is 6.42 Å². The summed E-state index contributed by atoms with van der Waals surface area (Å²) in [4.78, 5) is 0. The van der Waals surface area contributed by atoms with Gasteiger partial charge in [0.05, 0.1) is 12.3 Å². The number of H-pyrrole nitrogens is 1. The van der Waals surface area contributed by atoms with Gasteiger partial charge in [0.15, 0.2) is 4.77 Å². The second-order valence-corrected chi connectivity index (χ2v) is 3.79. The van der Waals surface area contributed by atoms with Crippen molar-refractivity contribution in [3.63, 3.8) is 0 Å². The van der Waals surface area contributed by atoms with Crippen molar-refractivity contribution >= 4 is 12.2 Å². The van der Waals surface area contributed by atoms with E-state index in [2.05, 4.69) is 16.3 Å². The summed E-state index contributed by atoms with van der Waals surface area (Å²) in [6, 6.07) is 8.10. The van der Waals surface area contributed by atoms with Gasteiger partial charge in [-0.3, -0.25) is 9.67 Å². The summed E-state index contributed by atoms with van der Waals surface area (Å²) in [6.45, 7) is 0.697. The number of benzene rings is 1. The van der Waals surface area contributed by atoms with Crippen molar-refractivity contribution < 1.29 is 4.74 Å². The molecule has 1 aromatic carbocycles. The maximum atomic E-state index is 5.15. The molecule has 0 spiro atoms. The predicted octanol–water partition coefficient (Wildman–Crippen LogP) is 2.12. The van der Waals surface area contributed by atoms with Crippen LogP contribution in [0.2, 0.25) is 0 Å². The Kier molecular flexibility index (Phi) is 3.48. The number of hydrogen-bond acceptors (Lipinski definition) is 3. The second-order valence-electron chi connectivity index (χ2n) is 3.40. The molecule has 0 fully saturated rings. The molecule has 0 saturated carbocycles. The summed E-state index contributed by atoms with van der Waals surface area (Å²) in [5.74, 6) is 0. The number of rotatable bonds is 4. The third-order valence-electron chi connectivity index (χ3n) is 2.38. The van der Waals surface area contributed by atoms with Crippen LogP contribution in [0.5, 0.6) is 0 Å². The Bertz CT molecular complexity index is 518. The molecule has 0 unspecified atom stereocenters. The van der Waals surface area contributed by atoms with Gasteiger partial charge in [-0.05, 0) is 30.3 Å². The smallest absolute Gasteiger partial charge is 0.199 e. The third kappa shape index (κ3) is 2.20. The first-order valence-electron chi connectivity index (χ1n) is 5.02. The minimum Gasteiger partial charge on any atom is -0.384 e. The molecule has 0 aliphatic carbocycles. The highest BCUT2D eigenvalue weighted by Crippen LogP contribution is 2.14. The Morgan fingerprint density at radius 1 is 1.44 bits per heavy atom. The van der Waals surface area contributed by atoms with Crippen molar-refractivity contribution in [3.8, 4) is 5.69 Å². The lowest BCUT2D eigenvalue weighted by Gasteiger charge is -2.08. The lowest BCUT2D eigenvalue weighted by Crippen LogP contribution is -2.02. The summed E-state index contributed by atoms with van der Waals surface area (Å²) in [5.41, 5.74) is 2.25. The van der Waals surface area contributed by atoms with Crippen molar-refractivity contribution in [1.82, 2.24) is 14.8 Å². The second kappa shape index (κ2) is 5.05. The van der Waals surface area contributed by atoms with Crippen molar-refractivity contribution in [3.05, 3.63) is 40.9 Å². The van der Waals surface area contributed by atoms with Crippen LogP contribution in [0, 0.1) is 4.77 Å². The molecule has 16 heavy (non-hydrogen) atoms. The van der Waals surface area contributed by atoms with E-state index in [1.165, 1.54) is 5.56 Å². The lowest BCUT2D eigenvalue weighted by atomic mass is 10.1. The molecule has 0 aliphatic rings. The summed E-state index contributed by atoms with van der Waals surface area (Å²) in [7, 11) is 1.70. The minimum absolute atomic E-state index is 0.602. The number of nitrogens with zero attached hydrogens (tertiary/aromatic N) is 2. The molecular formula is C11H13N3OS. The predicted molar refractivity (Wildman–Crippen MR) is 64.3 cm³/mol. The Morgan fingerprint density at radius 2 is 2.25 bits per heavy atom. The fourth-order valence-corrected chi connectivity index (χ4v) is 1.79. The topological polar surface area (TPSA) is 42.8 Å². The van der Waals surface area contributed by atoms with E-state index in [4.69, 9.17) is 17.0 Å². The van der Waals surface area contributed by atoms with E-state index in [1.807, 2.05) is 22.8 Å². The van der Waals surface area contributed by atoms with E-state index in [9.17, 15) is 0 Å². The van der Waals surface area contributed by atoms with Crippen LogP contribution in [0.1, 0.15) is 5.56 Å². The molecule has 1 N–H and O–H groups in total. The first-order valence-corrected chi connectivity index (χ1v) is 5.43. The number of aromatic amines is 1. The number of para-hydroxylation sites is 1. The van der Waals surface area contributed by atoms with Gasteiger partial charge in [-0.2, -0.15) is 5.10 Å². The van der Waals surface area contributed by atoms with Gasteiger partial charge in [0, 0.05) is 7.11 Å². The van der Waals surface area contributed by atoms with Gasteiger partial charge in [0.1, 0.15) is 6.33 Å². The Hall–Kier alpha value is -1.46. The van der Waals surface area contributed by atoms with Gasteiger partial charge < -0.3 is 4.74 Å². The van der Waals surface area contributed by atoms with Crippen LogP contribution in [0.15, 0.2) is 30.6 Å². The fourth-order valence-electron chi connectivity index (χ4n) is 1.59. The molecule has 0 atom stereocenters. The summed E-state index contributed by atoms with van der Waals surface area (Å²) < 4.78 is 7.55. The maximum Gasteiger partial charge on any atom is 0.199 e. The van der Waals surface area contributed by atoms with E-state index in [0.29, 0.717) is 11.4 Å². The van der Waals surface area contributed by atoms with Crippen molar-refractivity contribution in [2.24, 2.45) is 0 Å². The quantitative estimate of drug-likeness (QED) is 0.825. The first kappa shape index (κ1) is 11.0. The van der Waals surface area contributed by atoms with Crippen LogP contribution >= 0.6 is 12.2 Å². The molecule has 5 heteroatoms. The third-order valence-corrected chi connectivity index (χ3v) is 2.67. The van der Waals surface area contributed by atoms with Gasteiger partial charge in [0.25, 0.3) is 0 Å². The minimum atomic E-state index is 0.602. The van der Waals surface area contributed by atoms with Gasteiger partial charge in [-0.1, -0.05) is 18.2 Å². The zero-order valence-electron chi connectivity index (χ0n) is 9.01. The lowest BCUT2D eigenvalue weighted by molar-refractivity contribution is 0.202. The van der Waals surface area contributed by atoms with Crippen LogP contribution in [-0.4, -0.2) is 28.5 Å². The Labute approximate surface area is 98.9 Å². The fraction of sp³-hybridized carbons (Fsp3) is 0.273. The van der Waals surface area contributed by atoms with E-state index < -0.39 is 0 Å². The van der Waals surface area contributed by atoms with Crippen LogP contribution < -0.4 is 0 Å². The highest BCUT2D eigenvalue weighted by molar-refractivity contribution is 7.71. The zero-order chi connectivity index (χ0) is 11.4. The Balaban J connectivity index is 2.40. The average molecular weight is 235 g/mol. The number of hydrogen-bond donors (Lipinski definition) is 1. The van der Waals surface area contributed by atoms with Crippen LogP contribution in [0.4, 0.5) is 0 Å².